The number of rotatable bonds is 24. The molecule has 12 N–H and O–H groups in total. The minimum Gasteiger partial charge on any atom is -0.480 e. The lowest BCUT2D eigenvalue weighted by molar-refractivity contribution is -0.142. The fourth-order valence-electron chi connectivity index (χ4n) is 4.23. The molecule has 0 aromatic carbocycles. The molecule has 0 saturated carbocycles. The number of nitrogens with two attached hydrogens (primary N) is 2. The molecule has 0 saturated heterocycles. The third-order valence-corrected chi connectivity index (χ3v) is 8.06. The smallest absolute Gasteiger partial charge is 0.327 e. The van der Waals surface area contributed by atoms with Gasteiger partial charge >= 0.3 is 5.97 Å². The lowest BCUT2D eigenvalue weighted by Crippen LogP contribution is -2.59. The number of amides is 6. The molecule has 0 aromatic heterocycles. The zero-order valence-electron chi connectivity index (χ0n) is 28.0. The first-order valence-corrected chi connectivity index (χ1v) is 17.1. The van der Waals surface area contributed by atoms with E-state index in [1.54, 1.807) is 13.8 Å². The quantitative estimate of drug-likeness (QED) is 0.0353. The second-order valence-electron chi connectivity index (χ2n) is 11.8. The van der Waals surface area contributed by atoms with Gasteiger partial charge in [-0.2, -0.15) is 25.3 Å². The van der Waals surface area contributed by atoms with Crippen LogP contribution >= 0.6 is 25.3 Å². The second-order valence-corrected chi connectivity index (χ2v) is 12.5. The molecule has 276 valence electrons. The van der Waals surface area contributed by atoms with E-state index in [0.717, 1.165) is 0 Å². The van der Waals surface area contributed by atoms with E-state index in [2.05, 4.69) is 57.2 Å². The molecular weight excluding hydrogens is 669 g/mol. The maximum Gasteiger partial charge on any atom is 0.327 e. The highest BCUT2D eigenvalue weighted by Crippen LogP contribution is 2.12. The standard InChI is InChI=1S/C29H54N8O9S2/c1-5-16(4)23(28(44)36-21(14-48)29(45)46)37-27(43)19(10-15(2)3)34-26(42)18(8-6-7-9-30)33-22(39)11-32-25(41)20(12-38)35-24(40)17(31)13-47/h15-21,23,38,47-48H,5-14,30-31H2,1-4H3,(H,32,41)(H,33,39)(H,34,42)(H,35,40)(H,36,44)(H,37,43)(H,45,46). The summed E-state index contributed by atoms with van der Waals surface area (Å²) < 4.78 is 0. The monoisotopic (exact) mass is 722 g/mol. The molecule has 0 fully saturated rings. The van der Waals surface area contributed by atoms with Gasteiger partial charge in [0.15, 0.2) is 0 Å². The molecule has 48 heavy (non-hydrogen) atoms. The third-order valence-electron chi connectivity index (χ3n) is 7.30. The number of hydrogen-bond acceptors (Lipinski definition) is 12. The Morgan fingerprint density at radius 2 is 1.31 bits per heavy atom. The first-order chi connectivity index (χ1) is 22.6. The summed E-state index contributed by atoms with van der Waals surface area (Å²) in [6.07, 6.45) is 1.77. The van der Waals surface area contributed by atoms with Crippen molar-refractivity contribution in [2.75, 3.05) is 31.2 Å². The minimum absolute atomic E-state index is 0.00129. The number of unbranched alkanes of at least 4 members (excludes halogenated alkanes) is 1. The van der Waals surface area contributed by atoms with E-state index < -0.39 is 96.7 Å². The Balaban J connectivity index is 5.79. The number of carbonyl (C=O) groups excluding carboxylic acids is 6. The molecule has 0 rings (SSSR count). The number of aliphatic carboxylic acids is 1. The van der Waals surface area contributed by atoms with Crippen molar-refractivity contribution in [3.8, 4) is 0 Å². The van der Waals surface area contributed by atoms with Crippen LogP contribution in [-0.4, -0.2) is 119 Å². The second kappa shape index (κ2) is 24.1. The number of carboxylic acid groups (broad SMARTS) is 1. The highest BCUT2D eigenvalue weighted by molar-refractivity contribution is 7.80. The molecule has 0 aliphatic rings. The summed E-state index contributed by atoms with van der Waals surface area (Å²) in [5.41, 5.74) is 11.2. The van der Waals surface area contributed by atoms with Crippen LogP contribution in [0.3, 0.4) is 0 Å². The van der Waals surface area contributed by atoms with E-state index >= 15 is 0 Å². The first-order valence-electron chi connectivity index (χ1n) is 15.9. The van der Waals surface area contributed by atoms with E-state index in [1.165, 1.54) is 0 Å². The van der Waals surface area contributed by atoms with Crippen molar-refractivity contribution >= 4 is 66.7 Å². The average molecular weight is 723 g/mol. The molecule has 6 amide bonds. The van der Waals surface area contributed by atoms with Crippen LogP contribution in [0.2, 0.25) is 0 Å². The lowest BCUT2D eigenvalue weighted by Gasteiger charge is -2.29. The molecule has 0 aromatic rings. The average Bonchev–Trinajstić information content (AvgIpc) is 3.04. The van der Waals surface area contributed by atoms with E-state index in [4.69, 9.17) is 11.5 Å². The number of carbonyl (C=O) groups is 7. The summed E-state index contributed by atoms with van der Waals surface area (Å²) in [5.74, 6) is -6.37. The van der Waals surface area contributed by atoms with Crippen molar-refractivity contribution in [3.63, 3.8) is 0 Å². The Morgan fingerprint density at radius 1 is 0.729 bits per heavy atom. The summed E-state index contributed by atoms with van der Waals surface area (Å²) in [7, 11) is 0. The maximum atomic E-state index is 13.5. The highest BCUT2D eigenvalue weighted by atomic mass is 32.1. The lowest BCUT2D eigenvalue weighted by atomic mass is 9.96. The summed E-state index contributed by atoms with van der Waals surface area (Å²) in [6, 6.07) is -7.05. The molecule has 0 spiro atoms. The molecule has 7 atom stereocenters. The van der Waals surface area contributed by atoms with E-state index in [9.17, 15) is 43.8 Å². The van der Waals surface area contributed by atoms with Gasteiger partial charge in [0.05, 0.1) is 19.2 Å². The number of thiol groups is 2. The van der Waals surface area contributed by atoms with Crippen LogP contribution in [0, 0.1) is 11.8 Å². The van der Waals surface area contributed by atoms with Gasteiger partial charge in [-0.3, -0.25) is 28.8 Å². The molecule has 17 nitrogen and oxygen atoms in total. The fraction of sp³-hybridized carbons (Fsp3) is 0.759. The van der Waals surface area contributed by atoms with Crippen LogP contribution in [-0.2, 0) is 33.6 Å². The molecular formula is C29H54N8O9S2. The van der Waals surface area contributed by atoms with Crippen molar-refractivity contribution in [2.45, 2.75) is 96.1 Å². The number of carboxylic acids is 1. The van der Waals surface area contributed by atoms with E-state index in [0.29, 0.717) is 25.8 Å². The van der Waals surface area contributed by atoms with Gasteiger partial charge < -0.3 is 53.6 Å². The Hall–Kier alpha value is -3.13. The first kappa shape index (κ1) is 44.9. The Morgan fingerprint density at radius 3 is 1.81 bits per heavy atom. The van der Waals surface area contributed by atoms with Crippen molar-refractivity contribution in [3.05, 3.63) is 0 Å². The molecule has 0 bridgehead atoms. The van der Waals surface area contributed by atoms with Gasteiger partial charge in [0.25, 0.3) is 0 Å². The van der Waals surface area contributed by atoms with Crippen LogP contribution in [0.4, 0.5) is 0 Å². The molecule has 19 heteroatoms. The number of aliphatic hydroxyl groups excluding tert-OH is 1. The van der Waals surface area contributed by atoms with Crippen LogP contribution in [0.15, 0.2) is 0 Å². The summed E-state index contributed by atoms with van der Waals surface area (Å²) in [4.78, 5) is 88.7. The Bertz CT molecular complexity index is 1090. The molecule has 0 aliphatic carbocycles. The van der Waals surface area contributed by atoms with Gasteiger partial charge in [-0.05, 0) is 44.1 Å². The summed E-state index contributed by atoms with van der Waals surface area (Å²) in [6.45, 7) is 6.13. The zero-order chi connectivity index (χ0) is 37.0. The molecule has 7 unspecified atom stereocenters. The van der Waals surface area contributed by atoms with Crippen molar-refractivity contribution in [1.29, 1.82) is 0 Å². The van der Waals surface area contributed by atoms with Crippen LogP contribution < -0.4 is 43.4 Å². The predicted molar refractivity (Wildman–Crippen MR) is 185 cm³/mol. The SMILES string of the molecule is CCC(C)C(NC(=O)C(CC(C)C)NC(=O)C(CCCCN)NC(=O)CNC(=O)C(CO)NC(=O)C(N)CS)C(=O)NC(CS)C(=O)O. The predicted octanol–water partition coefficient (Wildman–Crippen LogP) is -2.99. The van der Waals surface area contributed by atoms with Gasteiger partial charge in [0.1, 0.15) is 30.2 Å². The van der Waals surface area contributed by atoms with Gasteiger partial charge in [-0.25, -0.2) is 4.79 Å². The Labute approximate surface area is 292 Å². The van der Waals surface area contributed by atoms with Gasteiger partial charge in [-0.15, -0.1) is 0 Å². The van der Waals surface area contributed by atoms with Crippen LogP contribution in [0.5, 0.6) is 0 Å². The largest absolute Gasteiger partial charge is 0.480 e. The molecule has 0 radical (unpaired) electrons. The zero-order valence-corrected chi connectivity index (χ0v) is 29.8. The van der Waals surface area contributed by atoms with Gasteiger partial charge in [-0.1, -0.05) is 34.1 Å². The maximum absolute atomic E-state index is 13.5. The number of nitrogens with one attached hydrogen (secondary N) is 6. The third kappa shape index (κ3) is 16.8. The van der Waals surface area contributed by atoms with Crippen molar-refractivity contribution in [2.24, 2.45) is 23.3 Å². The van der Waals surface area contributed by atoms with E-state index in [1.807, 2.05) is 13.8 Å². The van der Waals surface area contributed by atoms with Crippen LogP contribution in [0.25, 0.3) is 0 Å². The van der Waals surface area contributed by atoms with Crippen LogP contribution in [0.1, 0.15) is 59.8 Å². The Kier molecular flexibility index (Phi) is 22.5. The molecule has 0 heterocycles. The topological polar surface area (TPSA) is 284 Å². The fourth-order valence-corrected chi connectivity index (χ4v) is 4.64. The minimum atomic E-state index is -1.38. The summed E-state index contributed by atoms with van der Waals surface area (Å²) >= 11 is 7.87. The van der Waals surface area contributed by atoms with E-state index in [-0.39, 0.29) is 30.3 Å². The van der Waals surface area contributed by atoms with Crippen molar-refractivity contribution < 1.29 is 43.8 Å². The van der Waals surface area contributed by atoms with Crippen molar-refractivity contribution in [1.82, 2.24) is 31.9 Å². The summed E-state index contributed by atoms with van der Waals surface area (Å²) in [5, 5.41) is 33.6. The molecule has 0 aliphatic heterocycles. The highest BCUT2D eigenvalue weighted by Gasteiger charge is 2.33. The van der Waals surface area contributed by atoms with Gasteiger partial charge in [0.2, 0.25) is 35.4 Å². The normalized spacial score (nSPS) is 15.5. The number of hydrogen-bond donors (Lipinski definition) is 12. The number of aliphatic hydroxyl groups is 1. The van der Waals surface area contributed by atoms with Gasteiger partial charge in [0, 0.05) is 11.5 Å².